The van der Waals surface area contributed by atoms with E-state index in [1.807, 2.05) is 0 Å². The number of hydrogen-bond donors (Lipinski definition) is 0. The van der Waals surface area contributed by atoms with Crippen LogP contribution in [0.2, 0.25) is 0 Å². The maximum atomic E-state index is 6.25. The molecule has 32 heavy (non-hydrogen) atoms. The second kappa shape index (κ2) is 6.24. The highest BCUT2D eigenvalue weighted by Gasteiger charge is 2.16. The lowest BCUT2D eigenvalue weighted by Gasteiger charge is -2.04. The molecule has 0 fully saturated rings. The summed E-state index contributed by atoms with van der Waals surface area (Å²) in [5.41, 5.74) is 8.57. The van der Waals surface area contributed by atoms with Crippen LogP contribution in [-0.4, -0.2) is 0 Å². The predicted molar refractivity (Wildman–Crippen MR) is 133 cm³/mol. The molecule has 0 aliphatic rings. The van der Waals surface area contributed by atoms with Crippen molar-refractivity contribution in [3.8, 4) is 11.1 Å². The number of furan rings is 2. The third kappa shape index (κ3) is 2.41. The fourth-order valence-corrected chi connectivity index (χ4v) is 5.07. The second-order valence-corrected chi connectivity index (χ2v) is 8.76. The summed E-state index contributed by atoms with van der Waals surface area (Å²) in [4.78, 5) is 0. The van der Waals surface area contributed by atoms with Crippen molar-refractivity contribution in [1.82, 2.24) is 0 Å². The molecule has 0 aliphatic heterocycles. The number of hydrogen-bond acceptors (Lipinski definition) is 2. The molecule has 0 unspecified atom stereocenters. The zero-order valence-corrected chi connectivity index (χ0v) is 17.9. The van der Waals surface area contributed by atoms with Gasteiger partial charge in [-0.25, -0.2) is 0 Å². The first-order valence-electron chi connectivity index (χ1n) is 10.9. The van der Waals surface area contributed by atoms with E-state index in [1.165, 1.54) is 38.4 Å². The zero-order valence-electron chi connectivity index (χ0n) is 17.9. The summed E-state index contributed by atoms with van der Waals surface area (Å²) < 4.78 is 12.4. The lowest BCUT2D eigenvalue weighted by Crippen LogP contribution is -1.80. The first-order chi connectivity index (χ1) is 15.7. The van der Waals surface area contributed by atoms with Crippen molar-refractivity contribution < 1.29 is 8.83 Å². The lowest BCUT2D eigenvalue weighted by atomic mass is 9.97. The summed E-state index contributed by atoms with van der Waals surface area (Å²) >= 11 is 0. The van der Waals surface area contributed by atoms with Crippen LogP contribution in [0.5, 0.6) is 0 Å². The monoisotopic (exact) mass is 412 g/mol. The van der Waals surface area contributed by atoms with Crippen LogP contribution in [0.4, 0.5) is 0 Å². The average molecular weight is 412 g/mol. The van der Waals surface area contributed by atoms with Crippen molar-refractivity contribution in [2.24, 2.45) is 0 Å². The normalized spacial score (nSPS) is 12.1. The van der Waals surface area contributed by atoms with Gasteiger partial charge in [0.25, 0.3) is 0 Å². The van der Waals surface area contributed by atoms with Crippen LogP contribution in [0, 0.1) is 13.8 Å². The Labute approximate surface area is 184 Å². The summed E-state index contributed by atoms with van der Waals surface area (Å²) in [5.74, 6) is 0. The third-order valence-electron chi connectivity index (χ3n) is 6.57. The molecular formula is C30H20O2. The molecule has 7 aromatic rings. The van der Waals surface area contributed by atoms with Gasteiger partial charge in [-0.3, -0.25) is 0 Å². The van der Waals surface area contributed by atoms with E-state index in [0.717, 1.165) is 38.5 Å². The SMILES string of the molecule is Cc1cccc(-c2ccc3oc4ccc5c(ccc6oc7cc(C)ccc7c65)c4c3c2)c1. The first-order valence-corrected chi connectivity index (χ1v) is 10.9. The number of rotatable bonds is 1. The molecule has 0 spiro atoms. The van der Waals surface area contributed by atoms with E-state index in [1.54, 1.807) is 0 Å². The highest BCUT2D eigenvalue weighted by molar-refractivity contribution is 6.27. The fraction of sp³-hybridized carbons (Fsp3) is 0.0667. The van der Waals surface area contributed by atoms with Gasteiger partial charge in [0.2, 0.25) is 0 Å². The Balaban J connectivity index is 1.60. The highest BCUT2D eigenvalue weighted by atomic mass is 16.3. The molecule has 2 aromatic heterocycles. The van der Waals surface area contributed by atoms with E-state index in [0.29, 0.717) is 0 Å². The van der Waals surface area contributed by atoms with E-state index in [2.05, 4.69) is 98.8 Å². The zero-order chi connectivity index (χ0) is 21.4. The van der Waals surface area contributed by atoms with Crippen LogP contribution in [0.1, 0.15) is 11.1 Å². The van der Waals surface area contributed by atoms with E-state index >= 15 is 0 Å². The molecule has 2 heteroatoms. The molecule has 152 valence electrons. The summed E-state index contributed by atoms with van der Waals surface area (Å²) in [7, 11) is 0. The van der Waals surface area contributed by atoms with Crippen LogP contribution < -0.4 is 0 Å². The number of aryl methyl sites for hydroxylation is 2. The molecule has 2 nitrogen and oxygen atoms in total. The van der Waals surface area contributed by atoms with Crippen molar-refractivity contribution in [1.29, 1.82) is 0 Å². The van der Waals surface area contributed by atoms with Gasteiger partial charge in [-0.05, 0) is 83.8 Å². The predicted octanol–water partition coefficient (Wildman–Crippen LogP) is 8.92. The lowest BCUT2D eigenvalue weighted by molar-refractivity contribution is 0.668. The van der Waals surface area contributed by atoms with Gasteiger partial charge in [-0.2, -0.15) is 0 Å². The average Bonchev–Trinajstić information content (AvgIpc) is 3.36. The fourth-order valence-electron chi connectivity index (χ4n) is 5.07. The first kappa shape index (κ1) is 17.6. The summed E-state index contributed by atoms with van der Waals surface area (Å²) in [6.45, 7) is 4.22. The topological polar surface area (TPSA) is 26.3 Å². The molecule has 2 heterocycles. The van der Waals surface area contributed by atoms with Gasteiger partial charge in [0, 0.05) is 21.5 Å². The molecule has 5 aromatic carbocycles. The minimum absolute atomic E-state index is 0.914. The Morgan fingerprint density at radius 2 is 1.06 bits per heavy atom. The Morgan fingerprint density at radius 1 is 0.438 bits per heavy atom. The van der Waals surface area contributed by atoms with Gasteiger partial charge in [-0.1, -0.05) is 48.0 Å². The van der Waals surface area contributed by atoms with Crippen LogP contribution in [0.3, 0.4) is 0 Å². The van der Waals surface area contributed by atoms with E-state index in [4.69, 9.17) is 8.83 Å². The van der Waals surface area contributed by atoms with Gasteiger partial charge in [0.05, 0.1) is 0 Å². The van der Waals surface area contributed by atoms with Crippen LogP contribution >= 0.6 is 0 Å². The van der Waals surface area contributed by atoms with Crippen molar-refractivity contribution in [3.63, 3.8) is 0 Å². The summed E-state index contributed by atoms with van der Waals surface area (Å²) in [6, 6.07) is 30.1. The van der Waals surface area contributed by atoms with Crippen LogP contribution in [0.25, 0.3) is 65.8 Å². The van der Waals surface area contributed by atoms with Gasteiger partial charge >= 0.3 is 0 Å². The van der Waals surface area contributed by atoms with Crippen molar-refractivity contribution >= 4 is 54.6 Å². The maximum Gasteiger partial charge on any atom is 0.136 e. The molecular weight excluding hydrogens is 392 g/mol. The molecule has 0 aliphatic carbocycles. The van der Waals surface area contributed by atoms with Crippen molar-refractivity contribution in [2.45, 2.75) is 13.8 Å². The molecule has 0 N–H and O–H groups in total. The minimum Gasteiger partial charge on any atom is -0.456 e. The molecule has 0 radical (unpaired) electrons. The minimum atomic E-state index is 0.914. The van der Waals surface area contributed by atoms with E-state index in [9.17, 15) is 0 Å². The standard InChI is InChI=1S/C30H20O2/c1-17-4-3-5-19(14-17)20-7-11-25-24(16-20)30-22-10-12-26-29(21(22)9-13-27(30)31-25)23-8-6-18(2)15-28(23)32-26/h3-16H,1-2H3. The molecule has 0 atom stereocenters. The van der Waals surface area contributed by atoms with Crippen LogP contribution in [0.15, 0.2) is 93.8 Å². The summed E-state index contributed by atoms with van der Waals surface area (Å²) in [5, 5.41) is 7.02. The molecule has 0 saturated heterocycles. The molecule has 0 amide bonds. The van der Waals surface area contributed by atoms with Crippen LogP contribution in [-0.2, 0) is 0 Å². The number of fused-ring (bicyclic) bond motifs is 9. The highest BCUT2D eigenvalue weighted by Crippen LogP contribution is 2.41. The van der Waals surface area contributed by atoms with Gasteiger partial charge in [0.1, 0.15) is 22.3 Å². The van der Waals surface area contributed by atoms with E-state index in [-0.39, 0.29) is 0 Å². The smallest absolute Gasteiger partial charge is 0.136 e. The molecule has 7 rings (SSSR count). The third-order valence-corrected chi connectivity index (χ3v) is 6.57. The Hall–Kier alpha value is -4.04. The van der Waals surface area contributed by atoms with Gasteiger partial charge in [0.15, 0.2) is 0 Å². The molecule has 0 saturated carbocycles. The second-order valence-electron chi connectivity index (χ2n) is 8.76. The quantitative estimate of drug-likeness (QED) is 0.269. The summed E-state index contributed by atoms with van der Waals surface area (Å²) in [6.07, 6.45) is 0. The van der Waals surface area contributed by atoms with E-state index < -0.39 is 0 Å². The largest absolute Gasteiger partial charge is 0.456 e. The number of benzene rings is 5. The molecule has 0 bridgehead atoms. The Kier molecular flexibility index (Phi) is 3.44. The Bertz CT molecular complexity index is 1850. The maximum absolute atomic E-state index is 6.25. The van der Waals surface area contributed by atoms with Crippen molar-refractivity contribution in [2.75, 3.05) is 0 Å². The van der Waals surface area contributed by atoms with Gasteiger partial charge < -0.3 is 8.83 Å². The van der Waals surface area contributed by atoms with Crippen molar-refractivity contribution in [3.05, 3.63) is 96.1 Å². The Morgan fingerprint density at radius 3 is 1.84 bits per heavy atom. The van der Waals surface area contributed by atoms with Gasteiger partial charge in [-0.15, -0.1) is 0 Å².